The van der Waals surface area contributed by atoms with Gasteiger partial charge in [0.05, 0.1) is 70.6 Å². The van der Waals surface area contributed by atoms with E-state index in [1.807, 2.05) is 60.7 Å². The van der Waals surface area contributed by atoms with Crippen molar-refractivity contribution in [3.8, 4) is 0 Å². The number of carbonyl (C=O) groups is 9. The van der Waals surface area contributed by atoms with E-state index in [1.165, 1.54) is 59.3 Å². The lowest BCUT2D eigenvalue weighted by molar-refractivity contribution is -0.379. The van der Waals surface area contributed by atoms with Crippen LogP contribution in [0.1, 0.15) is 253 Å². The molecular formula is C86H133N3O26. The van der Waals surface area contributed by atoms with Crippen LogP contribution in [0.3, 0.4) is 0 Å². The summed E-state index contributed by atoms with van der Waals surface area (Å²) in [7, 11) is 0. The standard InChI is InChI=1S/C86H133N3O26/c1-23-24-25-26-27-28-29-30-31-32-33-40-45-59(100-47-56-41-36-34-37-42-56)65(101-48-57-43-38-35-39-44-57)58(88-89-87)49-102-73-70(114-79(97)85(17,18)19)69(113-78(96)84(14,15)16)66(63(108-73)51-103-75(93)81(5,6)7)110-74-71(115-80(98)86(20,21)22)68(67(112-77(95)83(11,12)13)64(109-74)52-104-76(94)82(8,9)10)111-72-61(106-55(4)92)46-60(105-54(3)91)62(107-72)50-99-53(2)90/h34-39,41-44,58-74H,23-33,40,45-52H2,1-22H3/t58-,59+,60+,61+,62+,63+,64+,65-,66+,67-,68-,69-,70+,71+,72+,73-,74-/m0/s1. The smallest absolute Gasteiger partial charge is 0.311 e. The number of esters is 9. The fourth-order valence-corrected chi connectivity index (χ4v) is 12.3. The summed E-state index contributed by atoms with van der Waals surface area (Å²) in [6, 6.07) is 17.7. The zero-order chi connectivity index (χ0) is 85.8. The van der Waals surface area contributed by atoms with E-state index in [9.17, 15) is 39.1 Å². The Morgan fingerprint density at radius 1 is 0.417 bits per heavy atom. The number of rotatable bonds is 41. The quantitative estimate of drug-likeness (QED) is 0.0149. The van der Waals surface area contributed by atoms with Crippen molar-refractivity contribution in [2.75, 3.05) is 26.4 Å². The van der Waals surface area contributed by atoms with Crippen LogP contribution in [0.25, 0.3) is 10.4 Å². The average Bonchev–Trinajstić information content (AvgIpc) is 0.756. The fourth-order valence-electron chi connectivity index (χ4n) is 12.3. The highest BCUT2D eigenvalue weighted by atomic mass is 16.8. The second-order valence-electron chi connectivity index (χ2n) is 36.2. The number of nitrogens with zero attached hydrogens (tertiary/aromatic N) is 3. The molecule has 3 saturated heterocycles. The normalized spacial score (nSPS) is 24.3. The molecule has 0 N–H and O–H groups in total. The Morgan fingerprint density at radius 2 is 0.800 bits per heavy atom. The minimum Gasteiger partial charge on any atom is -0.463 e. The van der Waals surface area contributed by atoms with E-state index in [2.05, 4.69) is 16.9 Å². The Morgan fingerprint density at radius 3 is 1.24 bits per heavy atom. The number of hydrogen-bond acceptors (Lipinski definition) is 27. The Hall–Kier alpha value is -7.34. The van der Waals surface area contributed by atoms with Crippen molar-refractivity contribution in [3.05, 3.63) is 82.2 Å². The van der Waals surface area contributed by atoms with E-state index in [0.717, 1.165) is 64.0 Å². The van der Waals surface area contributed by atoms with Gasteiger partial charge in [-0.3, -0.25) is 43.2 Å². The molecule has 0 aromatic heterocycles. The van der Waals surface area contributed by atoms with Crippen LogP contribution in [0, 0.1) is 32.5 Å². The average molecular weight is 1630 g/mol. The summed E-state index contributed by atoms with van der Waals surface area (Å²) in [6.07, 6.45) is -13.7. The zero-order valence-electron chi connectivity index (χ0n) is 72.2. The molecule has 0 saturated carbocycles. The lowest BCUT2D eigenvalue weighted by Gasteiger charge is -2.50. The van der Waals surface area contributed by atoms with Crippen molar-refractivity contribution in [2.45, 2.75) is 360 Å². The van der Waals surface area contributed by atoms with Gasteiger partial charge in [-0.25, -0.2) is 0 Å². The topological polar surface area (TPSA) is 359 Å². The van der Waals surface area contributed by atoms with Gasteiger partial charge < -0.3 is 80.5 Å². The first-order valence-electron chi connectivity index (χ1n) is 40.6. The molecule has 648 valence electrons. The van der Waals surface area contributed by atoms with Crippen LogP contribution in [0.5, 0.6) is 0 Å². The first-order chi connectivity index (χ1) is 53.7. The van der Waals surface area contributed by atoms with Crippen LogP contribution in [0.2, 0.25) is 0 Å². The maximum absolute atomic E-state index is 15.1. The lowest BCUT2D eigenvalue weighted by atomic mass is 9.92. The van der Waals surface area contributed by atoms with E-state index >= 15 is 9.59 Å². The molecule has 0 radical (unpaired) electrons. The Bertz CT molecular complexity index is 3440. The summed E-state index contributed by atoms with van der Waals surface area (Å²) in [5, 5.41) is 4.37. The minimum absolute atomic E-state index is 0.0257. The second kappa shape index (κ2) is 45.6. The third-order valence-electron chi connectivity index (χ3n) is 19.1. The van der Waals surface area contributed by atoms with Gasteiger partial charge in [-0.2, -0.15) is 0 Å². The number of azide groups is 1. The predicted octanol–water partition coefficient (Wildman–Crippen LogP) is 14.7. The second-order valence-corrected chi connectivity index (χ2v) is 36.2. The van der Waals surface area contributed by atoms with Gasteiger partial charge in [0.15, 0.2) is 49.4 Å². The summed E-state index contributed by atoms with van der Waals surface area (Å²) >= 11 is 0. The summed E-state index contributed by atoms with van der Waals surface area (Å²) in [6.45, 7) is 31.2. The molecule has 3 fully saturated rings. The van der Waals surface area contributed by atoms with Crippen molar-refractivity contribution >= 4 is 53.7 Å². The van der Waals surface area contributed by atoms with Crippen LogP contribution in [0.15, 0.2) is 65.8 Å². The van der Waals surface area contributed by atoms with Crippen LogP contribution in [-0.2, 0) is 137 Å². The summed E-state index contributed by atoms with van der Waals surface area (Å²) in [4.78, 5) is 130. The van der Waals surface area contributed by atoms with Crippen LogP contribution < -0.4 is 0 Å². The molecule has 3 aliphatic rings. The molecule has 0 bridgehead atoms. The summed E-state index contributed by atoms with van der Waals surface area (Å²) in [5.41, 5.74) is 4.54. The number of hydrogen-bond donors (Lipinski definition) is 0. The van der Waals surface area contributed by atoms with Crippen LogP contribution >= 0.6 is 0 Å². The molecule has 2 aromatic rings. The molecule has 0 amide bonds. The molecule has 29 nitrogen and oxygen atoms in total. The van der Waals surface area contributed by atoms with Crippen molar-refractivity contribution < 1.29 is 124 Å². The van der Waals surface area contributed by atoms with Gasteiger partial charge in [0.1, 0.15) is 56.4 Å². The maximum atomic E-state index is 15.1. The van der Waals surface area contributed by atoms with Crippen molar-refractivity contribution in [1.82, 2.24) is 0 Å². The molecule has 0 aliphatic carbocycles. The SMILES string of the molecule is CCCCCCCCCCCCCC[C@@H](OCc1ccccc1)[C@@H](OCc1ccccc1)[C@H](CO[C@H]1O[C@H](COC(=O)C(C)(C)C)[C@@H](O[C@@H]2O[C@H](COC(=O)C(C)(C)C)[C@H](OC(=O)C(C)(C)C)[C@H](O[C@H]3O[C@H](COC(C)=O)[C@H](OC(C)=O)C[C@H]3OC(C)=O)[C@H]2OC(=O)C(C)(C)C)[C@H](OC(=O)C(C)(C)C)[C@H]1OC(=O)C(C)(C)C)N=[N+]=[N-]. The van der Waals surface area contributed by atoms with E-state index in [0.29, 0.717) is 12.8 Å². The molecule has 3 aliphatic heterocycles. The van der Waals surface area contributed by atoms with Gasteiger partial charge in [0.25, 0.3) is 0 Å². The summed E-state index contributed by atoms with van der Waals surface area (Å²) < 4.78 is 111. The van der Waals surface area contributed by atoms with Crippen molar-refractivity contribution in [3.63, 3.8) is 0 Å². The van der Waals surface area contributed by atoms with E-state index in [4.69, 9.17) is 80.5 Å². The molecule has 17 atom stereocenters. The van der Waals surface area contributed by atoms with Gasteiger partial charge in [0.2, 0.25) is 0 Å². The molecule has 29 heteroatoms. The third-order valence-corrected chi connectivity index (χ3v) is 19.1. The van der Waals surface area contributed by atoms with E-state index < -0.39 is 217 Å². The van der Waals surface area contributed by atoms with Gasteiger partial charge in [-0.1, -0.05) is 150 Å². The molecule has 5 rings (SSSR count). The van der Waals surface area contributed by atoms with Gasteiger partial charge in [-0.15, -0.1) is 0 Å². The monoisotopic (exact) mass is 1620 g/mol. The van der Waals surface area contributed by atoms with Crippen molar-refractivity contribution in [1.29, 1.82) is 0 Å². The molecule has 3 heterocycles. The predicted molar refractivity (Wildman–Crippen MR) is 421 cm³/mol. The zero-order valence-corrected chi connectivity index (χ0v) is 72.2. The number of ether oxygens (including phenoxy) is 17. The molecule has 115 heavy (non-hydrogen) atoms. The van der Waals surface area contributed by atoms with Gasteiger partial charge in [0, 0.05) is 32.1 Å². The maximum Gasteiger partial charge on any atom is 0.311 e. The van der Waals surface area contributed by atoms with E-state index in [1.54, 1.807) is 104 Å². The third kappa shape index (κ3) is 33.2. The molecule has 0 unspecified atom stereocenters. The Kier molecular flexibility index (Phi) is 38.9. The van der Waals surface area contributed by atoms with Crippen LogP contribution in [-0.4, -0.2) is 184 Å². The number of unbranched alkanes of at least 4 members (excludes halogenated alkanes) is 11. The van der Waals surface area contributed by atoms with Crippen molar-refractivity contribution in [2.24, 2.45) is 37.6 Å². The van der Waals surface area contributed by atoms with Gasteiger partial charge >= 0.3 is 53.7 Å². The summed E-state index contributed by atoms with van der Waals surface area (Å²) in [5.74, 6) is -7.65. The highest BCUT2D eigenvalue weighted by Gasteiger charge is 2.60. The fraction of sp³-hybridized carbons (Fsp3) is 0.756. The van der Waals surface area contributed by atoms with Crippen LogP contribution in [0.4, 0.5) is 0 Å². The molecular weight excluding hydrogens is 1490 g/mol. The lowest BCUT2D eigenvalue weighted by Crippen LogP contribution is -2.68. The Labute approximate surface area is 680 Å². The minimum atomic E-state index is -2.16. The van der Waals surface area contributed by atoms with E-state index in [-0.39, 0.29) is 19.6 Å². The first kappa shape index (κ1) is 98.2. The highest BCUT2D eigenvalue weighted by molar-refractivity contribution is 5.78. The molecule has 2 aromatic carbocycles. The highest BCUT2D eigenvalue weighted by Crippen LogP contribution is 2.41. The number of benzene rings is 2. The largest absolute Gasteiger partial charge is 0.463 e. The molecule has 0 spiro atoms. The Balaban J connectivity index is 1.82. The van der Waals surface area contributed by atoms with Gasteiger partial charge in [-0.05, 0) is 148 Å². The first-order valence-corrected chi connectivity index (χ1v) is 40.6. The number of carbonyl (C=O) groups excluding carboxylic acids is 9.